The maximum absolute atomic E-state index is 13.1. The van der Waals surface area contributed by atoms with Crippen molar-refractivity contribution in [2.75, 3.05) is 13.1 Å². The number of hydrogen-bond acceptors (Lipinski definition) is 2. The summed E-state index contributed by atoms with van der Waals surface area (Å²) in [7, 11) is 0. The molecule has 110 valence electrons. The van der Waals surface area contributed by atoms with E-state index in [0.717, 1.165) is 38.3 Å². The summed E-state index contributed by atoms with van der Waals surface area (Å²) in [4.78, 5) is 15.5. The normalized spacial score (nSPS) is 32.8. The maximum Gasteiger partial charge on any atom is 0.155 e. The number of carbonyl (C=O) groups excluding carboxylic acids is 1. The van der Waals surface area contributed by atoms with Gasteiger partial charge in [0.1, 0.15) is 0 Å². The molecule has 1 aliphatic carbocycles. The van der Waals surface area contributed by atoms with Crippen LogP contribution in [0, 0.1) is 11.8 Å². The quantitative estimate of drug-likeness (QED) is 0.764. The molecule has 0 aromatic carbocycles. The first-order valence-corrected chi connectivity index (χ1v) is 8.37. The zero-order valence-corrected chi connectivity index (χ0v) is 13.1. The van der Waals surface area contributed by atoms with Crippen LogP contribution in [0.5, 0.6) is 0 Å². The number of hydrogen-bond donors (Lipinski definition) is 0. The molecule has 1 aliphatic heterocycles. The second-order valence-corrected chi connectivity index (χ2v) is 7.01. The van der Waals surface area contributed by atoms with Crippen LogP contribution in [-0.4, -0.2) is 29.3 Å². The van der Waals surface area contributed by atoms with Crippen LogP contribution in [-0.2, 0) is 4.79 Å². The lowest BCUT2D eigenvalue weighted by atomic mass is 9.73. The summed E-state index contributed by atoms with van der Waals surface area (Å²) in [5.41, 5.74) is -0.192. The largest absolute Gasteiger partial charge is 0.297 e. The standard InChI is InChI=1S/C17H31NO/c1-4-17(3,18-11-6-5-7-12-18)16(19)15-10-8-9-14(2)13-15/h14-15H,4-13H2,1-3H3. The van der Waals surface area contributed by atoms with Crippen molar-refractivity contribution in [2.24, 2.45) is 11.8 Å². The molecule has 0 spiro atoms. The van der Waals surface area contributed by atoms with Crippen LogP contribution in [0.15, 0.2) is 0 Å². The van der Waals surface area contributed by atoms with Crippen LogP contribution in [0.2, 0.25) is 0 Å². The fourth-order valence-corrected chi connectivity index (χ4v) is 4.05. The highest BCUT2D eigenvalue weighted by Gasteiger charge is 2.42. The van der Waals surface area contributed by atoms with E-state index >= 15 is 0 Å². The van der Waals surface area contributed by atoms with Crippen LogP contribution >= 0.6 is 0 Å². The molecule has 2 rings (SSSR count). The Morgan fingerprint density at radius 3 is 2.42 bits per heavy atom. The molecule has 0 bridgehead atoms. The minimum Gasteiger partial charge on any atom is -0.297 e. The lowest BCUT2D eigenvalue weighted by Gasteiger charge is -2.44. The molecule has 1 saturated heterocycles. The van der Waals surface area contributed by atoms with Crippen molar-refractivity contribution < 1.29 is 4.79 Å². The number of likely N-dealkylation sites (tertiary alicyclic amines) is 1. The summed E-state index contributed by atoms with van der Waals surface area (Å²) < 4.78 is 0. The molecule has 0 N–H and O–H groups in total. The van der Waals surface area contributed by atoms with Gasteiger partial charge in [-0.2, -0.15) is 0 Å². The van der Waals surface area contributed by atoms with Crippen molar-refractivity contribution in [3.63, 3.8) is 0 Å². The van der Waals surface area contributed by atoms with Crippen molar-refractivity contribution in [3.05, 3.63) is 0 Å². The zero-order chi connectivity index (χ0) is 13.9. The summed E-state index contributed by atoms with van der Waals surface area (Å²) in [5.74, 6) is 1.62. The maximum atomic E-state index is 13.1. The summed E-state index contributed by atoms with van der Waals surface area (Å²) in [6, 6.07) is 0. The molecule has 2 nitrogen and oxygen atoms in total. The topological polar surface area (TPSA) is 20.3 Å². The number of Topliss-reactive ketones (excluding diaryl/α,β-unsaturated/α-hetero) is 1. The minimum atomic E-state index is -0.192. The third-order valence-electron chi connectivity index (χ3n) is 5.58. The molecule has 2 aliphatic rings. The smallest absolute Gasteiger partial charge is 0.155 e. The first kappa shape index (κ1) is 15.0. The van der Waals surface area contributed by atoms with E-state index in [1.54, 1.807) is 0 Å². The second kappa shape index (κ2) is 6.39. The van der Waals surface area contributed by atoms with Crippen LogP contribution < -0.4 is 0 Å². The van der Waals surface area contributed by atoms with Crippen molar-refractivity contribution in [1.82, 2.24) is 4.90 Å². The van der Waals surface area contributed by atoms with Gasteiger partial charge in [0.25, 0.3) is 0 Å². The van der Waals surface area contributed by atoms with E-state index in [1.807, 2.05) is 0 Å². The van der Waals surface area contributed by atoms with Crippen molar-refractivity contribution in [2.45, 2.75) is 77.7 Å². The summed E-state index contributed by atoms with van der Waals surface area (Å²) in [6.45, 7) is 8.96. The van der Waals surface area contributed by atoms with E-state index in [-0.39, 0.29) is 5.54 Å². The molecule has 0 aromatic heterocycles. The van der Waals surface area contributed by atoms with Gasteiger partial charge in [-0.05, 0) is 58.0 Å². The van der Waals surface area contributed by atoms with Gasteiger partial charge in [0.15, 0.2) is 5.78 Å². The molecule has 3 unspecified atom stereocenters. The lowest BCUT2D eigenvalue weighted by Crippen LogP contribution is -2.56. The van der Waals surface area contributed by atoms with Crippen LogP contribution in [0.4, 0.5) is 0 Å². The monoisotopic (exact) mass is 265 g/mol. The first-order chi connectivity index (χ1) is 9.08. The Hall–Kier alpha value is -0.370. The van der Waals surface area contributed by atoms with Gasteiger partial charge in [0.05, 0.1) is 5.54 Å². The molecule has 2 heteroatoms. The Kier molecular flexibility index (Phi) is 5.05. The van der Waals surface area contributed by atoms with Crippen molar-refractivity contribution >= 4 is 5.78 Å². The second-order valence-electron chi connectivity index (χ2n) is 7.01. The van der Waals surface area contributed by atoms with Gasteiger partial charge in [-0.3, -0.25) is 9.69 Å². The van der Waals surface area contributed by atoms with Gasteiger partial charge >= 0.3 is 0 Å². The number of nitrogens with zero attached hydrogens (tertiary/aromatic N) is 1. The first-order valence-electron chi connectivity index (χ1n) is 8.37. The van der Waals surface area contributed by atoms with E-state index in [4.69, 9.17) is 0 Å². The Labute approximate surface area is 118 Å². The molecular formula is C17H31NO. The Bertz CT molecular complexity index is 308. The van der Waals surface area contributed by atoms with E-state index in [1.165, 1.54) is 32.1 Å². The van der Waals surface area contributed by atoms with E-state index in [2.05, 4.69) is 25.7 Å². The predicted octanol–water partition coefficient (Wildman–Crippen LogP) is 4.04. The average Bonchev–Trinajstić information content (AvgIpc) is 2.46. The SMILES string of the molecule is CCC(C)(C(=O)C1CCCC(C)C1)N1CCCCC1. The highest BCUT2D eigenvalue weighted by atomic mass is 16.1. The number of rotatable bonds is 4. The van der Waals surface area contributed by atoms with Crippen LogP contribution in [0.3, 0.4) is 0 Å². The lowest BCUT2D eigenvalue weighted by molar-refractivity contribution is -0.137. The summed E-state index contributed by atoms with van der Waals surface area (Å²) in [6.07, 6.45) is 9.66. The fraction of sp³-hybridized carbons (Fsp3) is 0.941. The molecule has 1 heterocycles. The fourth-order valence-electron chi connectivity index (χ4n) is 4.05. The highest BCUT2D eigenvalue weighted by Crippen LogP contribution is 2.35. The third kappa shape index (κ3) is 3.21. The number of ketones is 1. The molecule has 19 heavy (non-hydrogen) atoms. The average molecular weight is 265 g/mol. The molecule has 1 saturated carbocycles. The molecule has 0 amide bonds. The Balaban J connectivity index is 2.07. The molecule has 3 atom stereocenters. The van der Waals surface area contributed by atoms with Gasteiger partial charge in [-0.25, -0.2) is 0 Å². The van der Waals surface area contributed by atoms with Crippen molar-refractivity contribution in [3.8, 4) is 0 Å². The third-order valence-corrected chi connectivity index (χ3v) is 5.58. The molecule has 2 fully saturated rings. The van der Waals surface area contributed by atoms with Gasteiger partial charge in [0, 0.05) is 5.92 Å². The van der Waals surface area contributed by atoms with Gasteiger partial charge in [-0.15, -0.1) is 0 Å². The van der Waals surface area contributed by atoms with Gasteiger partial charge in [0.2, 0.25) is 0 Å². The molecular weight excluding hydrogens is 234 g/mol. The molecule has 0 aromatic rings. The number of carbonyl (C=O) groups is 1. The summed E-state index contributed by atoms with van der Waals surface area (Å²) in [5, 5.41) is 0. The zero-order valence-electron chi connectivity index (χ0n) is 13.1. The molecule has 0 radical (unpaired) electrons. The number of piperidine rings is 1. The van der Waals surface area contributed by atoms with E-state index in [9.17, 15) is 4.79 Å². The Morgan fingerprint density at radius 1 is 1.16 bits per heavy atom. The van der Waals surface area contributed by atoms with Crippen molar-refractivity contribution in [1.29, 1.82) is 0 Å². The highest BCUT2D eigenvalue weighted by molar-refractivity contribution is 5.90. The van der Waals surface area contributed by atoms with Gasteiger partial charge in [-0.1, -0.05) is 33.1 Å². The minimum absolute atomic E-state index is 0.192. The predicted molar refractivity (Wildman–Crippen MR) is 80.2 cm³/mol. The van der Waals surface area contributed by atoms with Gasteiger partial charge < -0.3 is 0 Å². The summed E-state index contributed by atoms with van der Waals surface area (Å²) >= 11 is 0. The van der Waals surface area contributed by atoms with E-state index in [0.29, 0.717) is 11.7 Å². The Morgan fingerprint density at radius 2 is 1.84 bits per heavy atom. The van der Waals surface area contributed by atoms with E-state index < -0.39 is 0 Å². The van der Waals surface area contributed by atoms with Crippen LogP contribution in [0.1, 0.15) is 72.1 Å². The van der Waals surface area contributed by atoms with Crippen LogP contribution in [0.25, 0.3) is 0 Å².